The molecule has 1 atom stereocenters. The monoisotopic (exact) mass is 253 g/mol. The maximum Gasteiger partial charge on any atom is 0.264 e. The van der Waals surface area contributed by atoms with E-state index in [1.54, 1.807) is 17.0 Å². The Labute approximate surface area is 104 Å². The van der Waals surface area contributed by atoms with Crippen LogP contribution < -0.4 is 4.74 Å². The number of rotatable bonds is 1. The molecule has 1 saturated heterocycles. The van der Waals surface area contributed by atoms with Crippen molar-refractivity contribution in [2.45, 2.75) is 18.6 Å². The molecule has 0 aliphatic carbocycles. The van der Waals surface area contributed by atoms with Gasteiger partial charge >= 0.3 is 0 Å². The van der Waals surface area contributed by atoms with Crippen molar-refractivity contribution in [2.24, 2.45) is 0 Å². The number of amides is 1. The molecule has 1 aromatic rings. The number of β-amino-alcohol motifs (C(OH)–C–C–N with tert-alkyl or cyclic N) is 1. The third-order valence-electron chi connectivity index (χ3n) is 3.15. The number of fused-ring (bicyclic) bond motifs is 1. The molecule has 3 rings (SSSR count). The van der Waals surface area contributed by atoms with E-state index in [4.69, 9.17) is 21.4 Å². The zero-order valence-corrected chi connectivity index (χ0v) is 9.85. The van der Waals surface area contributed by atoms with Gasteiger partial charge in [0.25, 0.3) is 5.91 Å². The molecule has 4 nitrogen and oxygen atoms in total. The first-order valence-corrected chi connectivity index (χ1v) is 5.93. The van der Waals surface area contributed by atoms with E-state index in [2.05, 4.69) is 0 Å². The fraction of sp³-hybridized carbons (Fsp3) is 0.417. The van der Waals surface area contributed by atoms with Crippen LogP contribution in [-0.2, 0) is 11.2 Å². The number of hydrogen-bond donors (Lipinski definition) is 1. The average molecular weight is 254 g/mol. The van der Waals surface area contributed by atoms with Gasteiger partial charge in [-0.25, -0.2) is 0 Å². The summed E-state index contributed by atoms with van der Waals surface area (Å²) < 4.78 is 5.58. The van der Waals surface area contributed by atoms with Crippen LogP contribution in [0.15, 0.2) is 18.2 Å². The maximum absolute atomic E-state index is 12.0. The van der Waals surface area contributed by atoms with Crippen molar-refractivity contribution in [2.75, 3.05) is 13.1 Å². The molecule has 0 radical (unpaired) electrons. The number of aliphatic hydroxyl groups excluding tert-OH is 1. The lowest BCUT2D eigenvalue weighted by molar-refractivity contribution is -0.148. The van der Waals surface area contributed by atoms with Crippen molar-refractivity contribution < 1.29 is 14.6 Å². The molecule has 0 saturated carbocycles. The lowest BCUT2D eigenvalue weighted by atomic mass is 10.1. The van der Waals surface area contributed by atoms with Crippen LogP contribution in [0.2, 0.25) is 5.02 Å². The summed E-state index contributed by atoms with van der Waals surface area (Å²) in [6, 6.07) is 5.37. The van der Waals surface area contributed by atoms with Crippen LogP contribution in [0.3, 0.4) is 0 Å². The maximum atomic E-state index is 12.0. The fourth-order valence-corrected chi connectivity index (χ4v) is 2.39. The van der Waals surface area contributed by atoms with Crippen LogP contribution in [0.4, 0.5) is 0 Å². The molecule has 0 spiro atoms. The van der Waals surface area contributed by atoms with E-state index >= 15 is 0 Å². The van der Waals surface area contributed by atoms with E-state index in [0.717, 1.165) is 11.3 Å². The molecule has 1 aromatic carbocycles. The van der Waals surface area contributed by atoms with E-state index in [1.165, 1.54) is 0 Å². The highest BCUT2D eigenvalue weighted by Gasteiger charge is 2.37. The first-order chi connectivity index (χ1) is 8.13. The van der Waals surface area contributed by atoms with Crippen molar-refractivity contribution in [3.8, 4) is 5.75 Å². The predicted molar refractivity (Wildman–Crippen MR) is 62.2 cm³/mol. The van der Waals surface area contributed by atoms with Gasteiger partial charge in [-0.05, 0) is 23.8 Å². The first kappa shape index (κ1) is 10.9. The summed E-state index contributed by atoms with van der Waals surface area (Å²) in [6.45, 7) is 0.825. The van der Waals surface area contributed by atoms with E-state index < -0.39 is 6.10 Å². The number of carbonyl (C=O) groups is 1. The largest absolute Gasteiger partial charge is 0.480 e. The minimum absolute atomic E-state index is 0.0531. The average Bonchev–Trinajstić information content (AvgIpc) is 2.66. The van der Waals surface area contributed by atoms with Gasteiger partial charge in [-0.1, -0.05) is 11.6 Å². The van der Waals surface area contributed by atoms with Gasteiger partial charge in [-0.2, -0.15) is 0 Å². The number of aliphatic hydroxyl groups is 1. The van der Waals surface area contributed by atoms with Crippen molar-refractivity contribution in [1.82, 2.24) is 4.90 Å². The fourth-order valence-electron chi connectivity index (χ4n) is 2.19. The second kappa shape index (κ2) is 3.89. The second-order valence-electron chi connectivity index (χ2n) is 4.46. The summed E-state index contributed by atoms with van der Waals surface area (Å²) in [4.78, 5) is 13.6. The van der Waals surface area contributed by atoms with Crippen LogP contribution in [0.25, 0.3) is 0 Å². The zero-order chi connectivity index (χ0) is 12.0. The highest BCUT2D eigenvalue weighted by Crippen LogP contribution is 2.32. The third kappa shape index (κ3) is 1.87. The predicted octanol–water partition coefficient (Wildman–Crippen LogP) is 0.847. The highest BCUT2D eigenvalue weighted by atomic mass is 35.5. The Morgan fingerprint density at radius 1 is 1.47 bits per heavy atom. The van der Waals surface area contributed by atoms with Crippen LogP contribution in [-0.4, -0.2) is 41.2 Å². The molecule has 5 heteroatoms. The van der Waals surface area contributed by atoms with Gasteiger partial charge in [0.2, 0.25) is 0 Å². The van der Waals surface area contributed by atoms with Gasteiger partial charge in [-0.3, -0.25) is 4.79 Å². The Kier molecular flexibility index (Phi) is 2.49. The molecule has 0 bridgehead atoms. The Balaban J connectivity index is 1.71. The molecular weight excluding hydrogens is 242 g/mol. The summed E-state index contributed by atoms with van der Waals surface area (Å²) in [5.74, 6) is 0.677. The van der Waals surface area contributed by atoms with Crippen molar-refractivity contribution >= 4 is 17.5 Å². The second-order valence-corrected chi connectivity index (χ2v) is 4.90. The minimum atomic E-state index is -0.462. The molecular formula is C12H12ClNO3. The molecule has 1 amide bonds. The molecule has 1 unspecified atom stereocenters. The third-order valence-corrected chi connectivity index (χ3v) is 3.38. The highest BCUT2D eigenvalue weighted by molar-refractivity contribution is 6.30. The van der Waals surface area contributed by atoms with Crippen molar-refractivity contribution in [1.29, 1.82) is 0 Å². The van der Waals surface area contributed by atoms with E-state index in [9.17, 15) is 4.79 Å². The quantitative estimate of drug-likeness (QED) is 0.807. The number of ether oxygens (including phenoxy) is 1. The Morgan fingerprint density at radius 3 is 2.94 bits per heavy atom. The molecule has 0 aromatic heterocycles. The number of halogens is 1. The lowest BCUT2D eigenvalue weighted by Crippen LogP contribution is -2.57. The summed E-state index contributed by atoms with van der Waals surface area (Å²) in [5.41, 5.74) is 0.969. The molecule has 1 fully saturated rings. The number of likely N-dealkylation sites (tertiary alicyclic amines) is 1. The summed E-state index contributed by atoms with van der Waals surface area (Å²) in [6.07, 6.45) is -0.283. The number of nitrogens with zero attached hydrogens (tertiary/aromatic N) is 1. The molecule has 2 aliphatic rings. The van der Waals surface area contributed by atoms with Crippen LogP contribution >= 0.6 is 11.6 Å². The van der Waals surface area contributed by atoms with Crippen LogP contribution in [0, 0.1) is 0 Å². The molecule has 17 heavy (non-hydrogen) atoms. The Hall–Kier alpha value is -1.26. The van der Waals surface area contributed by atoms with Gasteiger partial charge in [-0.15, -0.1) is 0 Å². The molecule has 90 valence electrons. The smallest absolute Gasteiger partial charge is 0.264 e. The van der Waals surface area contributed by atoms with Gasteiger partial charge in [0.1, 0.15) is 5.75 Å². The van der Waals surface area contributed by atoms with Gasteiger partial charge in [0, 0.05) is 24.5 Å². The Bertz CT molecular complexity index is 471. The van der Waals surface area contributed by atoms with Crippen molar-refractivity contribution in [3.05, 3.63) is 28.8 Å². The molecule has 2 aliphatic heterocycles. The SMILES string of the molecule is O=C(C1Cc2cc(Cl)ccc2O1)N1CC(O)C1. The van der Waals surface area contributed by atoms with E-state index in [-0.39, 0.29) is 12.0 Å². The van der Waals surface area contributed by atoms with E-state index in [1.807, 2.05) is 6.07 Å². The zero-order valence-electron chi connectivity index (χ0n) is 9.10. The standard InChI is InChI=1S/C12H12ClNO3/c13-8-1-2-10-7(3-8)4-11(17-10)12(16)14-5-9(15)6-14/h1-3,9,11,15H,4-6H2. The Morgan fingerprint density at radius 2 is 2.24 bits per heavy atom. The molecule has 2 heterocycles. The van der Waals surface area contributed by atoms with Crippen LogP contribution in [0.1, 0.15) is 5.56 Å². The first-order valence-electron chi connectivity index (χ1n) is 5.55. The van der Waals surface area contributed by atoms with Gasteiger partial charge in [0.05, 0.1) is 6.10 Å². The summed E-state index contributed by atoms with van der Waals surface area (Å²) >= 11 is 5.89. The topological polar surface area (TPSA) is 49.8 Å². The van der Waals surface area contributed by atoms with Crippen molar-refractivity contribution in [3.63, 3.8) is 0 Å². The van der Waals surface area contributed by atoms with Crippen LogP contribution in [0.5, 0.6) is 5.75 Å². The number of benzene rings is 1. The normalized spacial score (nSPS) is 22.9. The molecule has 1 N–H and O–H groups in total. The van der Waals surface area contributed by atoms with Gasteiger partial charge < -0.3 is 14.7 Å². The lowest BCUT2D eigenvalue weighted by Gasteiger charge is -2.37. The van der Waals surface area contributed by atoms with E-state index in [0.29, 0.717) is 24.5 Å². The summed E-state index contributed by atoms with van der Waals surface area (Å²) in [5, 5.41) is 9.82. The summed E-state index contributed by atoms with van der Waals surface area (Å²) in [7, 11) is 0. The number of hydrogen-bond acceptors (Lipinski definition) is 3. The number of carbonyl (C=O) groups excluding carboxylic acids is 1. The minimum Gasteiger partial charge on any atom is -0.480 e. The van der Waals surface area contributed by atoms with Gasteiger partial charge in [0.15, 0.2) is 6.10 Å².